The van der Waals surface area contributed by atoms with Gasteiger partial charge in [-0.2, -0.15) is 0 Å². The van der Waals surface area contributed by atoms with Crippen LogP contribution in [0.3, 0.4) is 0 Å². The number of nitrogens with two attached hydrogens (primary N) is 1. The molecule has 1 aromatic carbocycles. The van der Waals surface area contributed by atoms with Crippen LogP contribution in [0.5, 0.6) is 0 Å². The maximum Gasteiger partial charge on any atom is 0.248 e. The largest absolute Gasteiger partial charge is 0.370 e. The smallest absolute Gasteiger partial charge is 0.248 e. The lowest BCUT2D eigenvalue weighted by Gasteiger charge is -2.39. The van der Waals surface area contributed by atoms with Crippen LogP contribution in [-0.4, -0.2) is 12.5 Å². The van der Waals surface area contributed by atoms with E-state index in [9.17, 15) is 4.79 Å². The summed E-state index contributed by atoms with van der Waals surface area (Å²) in [6, 6.07) is 7.29. The van der Waals surface area contributed by atoms with Gasteiger partial charge in [-0.05, 0) is 24.6 Å². The molecule has 1 aliphatic heterocycles. The van der Waals surface area contributed by atoms with Gasteiger partial charge in [0.2, 0.25) is 5.91 Å². The Balaban J connectivity index is 2.25. The van der Waals surface area contributed by atoms with E-state index in [1.54, 1.807) is 12.1 Å². The second-order valence-corrected chi connectivity index (χ2v) is 3.77. The molecule has 14 heavy (non-hydrogen) atoms. The molecule has 0 bridgehead atoms. The zero-order chi connectivity index (χ0) is 10.2. The van der Waals surface area contributed by atoms with E-state index in [0.717, 1.165) is 18.6 Å². The number of hydrogen-bond acceptors (Lipinski definition) is 2. The molecule has 0 spiro atoms. The molecular formula is C11H13NO2. The molecule has 1 unspecified atom stereocenters. The van der Waals surface area contributed by atoms with Crippen LogP contribution >= 0.6 is 0 Å². The molecule has 1 amide bonds. The molecule has 1 heterocycles. The van der Waals surface area contributed by atoms with Crippen molar-refractivity contribution >= 4 is 5.91 Å². The SMILES string of the molecule is CC1(c2ccc(C(N)=O)cc2)CCO1. The van der Waals surface area contributed by atoms with Crippen LogP contribution < -0.4 is 5.73 Å². The van der Waals surface area contributed by atoms with Gasteiger partial charge < -0.3 is 10.5 Å². The zero-order valence-corrected chi connectivity index (χ0v) is 8.12. The van der Waals surface area contributed by atoms with Gasteiger partial charge in [0.05, 0.1) is 12.2 Å². The molecule has 3 nitrogen and oxygen atoms in total. The summed E-state index contributed by atoms with van der Waals surface area (Å²) in [6.45, 7) is 2.86. The third-order valence-corrected chi connectivity index (χ3v) is 2.78. The highest BCUT2D eigenvalue weighted by Crippen LogP contribution is 2.36. The summed E-state index contributed by atoms with van der Waals surface area (Å²) in [5.74, 6) is -0.392. The number of hydrogen-bond donors (Lipinski definition) is 1. The van der Waals surface area contributed by atoms with E-state index in [0.29, 0.717) is 5.56 Å². The lowest BCUT2D eigenvalue weighted by molar-refractivity contribution is -0.140. The first kappa shape index (κ1) is 9.21. The maximum absolute atomic E-state index is 10.8. The van der Waals surface area contributed by atoms with Gasteiger partial charge >= 0.3 is 0 Å². The minimum absolute atomic E-state index is 0.157. The third-order valence-electron chi connectivity index (χ3n) is 2.78. The number of benzene rings is 1. The number of carbonyl (C=O) groups is 1. The average molecular weight is 191 g/mol. The van der Waals surface area contributed by atoms with Gasteiger partial charge in [-0.25, -0.2) is 0 Å². The van der Waals surface area contributed by atoms with Crippen molar-refractivity contribution in [1.82, 2.24) is 0 Å². The van der Waals surface area contributed by atoms with E-state index in [1.165, 1.54) is 0 Å². The lowest BCUT2D eigenvalue weighted by Crippen LogP contribution is -2.37. The number of ether oxygens (including phenoxy) is 1. The summed E-state index contributed by atoms with van der Waals surface area (Å²) in [7, 11) is 0. The zero-order valence-electron chi connectivity index (χ0n) is 8.12. The maximum atomic E-state index is 10.8. The highest BCUT2D eigenvalue weighted by atomic mass is 16.5. The molecule has 1 atom stereocenters. The predicted molar refractivity (Wildman–Crippen MR) is 52.9 cm³/mol. The quantitative estimate of drug-likeness (QED) is 0.768. The predicted octanol–water partition coefficient (Wildman–Crippen LogP) is 1.42. The van der Waals surface area contributed by atoms with E-state index in [1.807, 2.05) is 12.1 Å². The molecule has 2 rings (SSSR count). The first-order valence-electron chi connectivity index (χ1n) is 4.66. The molecular weight excluding hydrogens is 178 g/mol. The Morgan fingerprint density at radius 3 is 2.36 bits per heavy atom. The van der Waals surface area contributed by atoms with Crippen LogP contribution in [0.1, 0.15) is 29.3 Å². The Bertz CT molecular complexity index is 352. The summed E-state index contributed by atoms with van der Waals surface area (Å²) in [4.78, 5) is 10.8. The van der Waals surface area contributed by atoms with Crippen LogP contribution in [0.25, 0.3) is 0 Å². The van der Waals surface area contributed by atoms with Crippen molar-refractivity contribution in [3.05, 3.63) is 35.4 Å². The van der Waals surface area contributed by atoms with Crippen molar-refractivity contribution in [3.8, 4) is 0 Å². The second-order valence-electron chi connectivity index (χ2n) is 3.77. The van der Waals surface area contributed by atoms with Gasteiger partial charge in [-0.3, -0.25) is 4.79 Å². The summed E-state index contributed by atoms with van der Waals surface area (Å²) < 4.78 is 5.49. The third kappa shape index (κ3) is 1.40. The molecule has 3 heteroatoms. The van der Waals surface area contributed by atoms with Gasteiger partial charge in [0, 0.05) is 12.0 Å². The number of rotatable bonds is 2. The van der Waals surface area contributed by atoms with E-state index in [2.05, 4.69) is 6.92 Å². The summed E-state index contributed by atoms with van der Waals surface area (Å²) in [5.41, 5.74) is 6.64. The highest BCUT2D eigenvalue weighted by molar-refractivity contribution is 5.92. The fourth-order valence-corrected chi connectivity index (χ4v) is 1.62. The van der Waals surface area contributed by atoms with Gasteiger partial charge in [-0.1, -0.05) is 12.1 Å². The number of amides is 1. The Hall–Kier alpha value is -1.35. The topological polar surface area (TPSA) is 52.3 Å². The normalized spacial score (nSPS) is 25.5. The first-order valence-corrected chi connectivity index (χ1v) is 4.66. The average Bonchev–Trinajstić information content (AvgIpc) is 2.14. The van der Waals surface area contributed by atoms with Crippen LogP contribution in [0.4, 0.5) is 0 Å². The van der Waals surface area contributed by atoms with Crippen molar-refractivity contribution in [2.75, 3.05) is 6.61 Å². The number of carbonyl (C=O) groups excluding carboxylic acids is 1. The van der Waals surface area contributed by atoms with Crippen molar-refractivity contribution in [3.63, 3.8) is 0 Å². The minimum atomic E-state index is -0.392. The molecule has 1 aliphatic rings. The fraction of sp³-hybridized carbons (Fsp3) is 0.364. The molecule has 0 aliphatic carbocycles. The number of primary amides is 1. The fourth-order valence-electron chi connectivity index (χ4n) is 1.62. The monoisotopic (exact) mass is 191 g/mol. The molecule has 1 saturated heterocycles. The molecule has 1 aromatic rings. The van der Waals surface area contributed by atoms with Crippen LogP contribution in [0.2, 0.25) is 0 Å². The Labute approximate surface area is 82.9 Å². The minimum Gasteiger partial charge on any atom is -0.370 e. The summed E-state index contributed by atoms with van der Waals surface area (Å²) in [5, 5.41) is 0. The highest BCUT2D eigenvalue weighted by Gasteiger charge is 2.34. The van der Waals surface area contributed by atoms with E-state index in [-0.39, 0.29) is 5.60 Å². The molecule has 1 fully saturated rings. The van der Waals surface area contributed by atoms with Crippen LogP contribution in [0.15, 0.2) is 24.3 Å². The second kappa shape index (κ2) is 3.10. The Morgan fingerprint density at radius 1 is 1.43 bits per heavy atom. The van der Waals surface area contributed by atoms with E-state index < -0.39 is 5.91 Å². The Kier molecular flexibility index (Phi) is 2.04. The summed E-state index contributed by atoms with van der Waals surface area (Å²) >= 11 is 0. The van der Waals surface area contributed by atoms with Gasteiger partial charge in [-0.15, -0.1) is 0 Å². The van der Waals surface area contributed by atoms with Crippen LogP contribution in [-0.2, 0) is 10.3 Å². The Morgan fingerprint density at radius 2 is 2.00 bits per heavy atom. The first-order chi connectivity index (χ1) is 6.62. The lowest BCUT2D eigenvalue weighted by atomic mass is 9.88. The van der Waals surface area contributed by atoms with Crippen molar-refractivity contribution in [2.24, 2.45) is 5.73 Å². The molecule has 74 valence electrons. The van der Waals surface area contributed by atoms with Crippen molar-refractivity contribution < 1.29 is 9.53 Å². The van der Waals surface area contributed by atoms with Crippen LogP contribution in [0, 0.1) is 0 Å². The molecule has 0 saturated carbocycles. The molecule has 2 N–H and O–H groups in total. The molecule has 0 radical (unpaired) electrons. The van der Waals surface area contributed by atoms with Gasteiger partial charge in [0.1, 0.15) is 0 Å². The van der Waals surface area contributed by atoms with Crippen molar-refractivity contribution in [2.45, 2.75) is 18.9 Å². The van der Waals surface area contributed by atoms with E-state index >= 15 is 0 Å². The van der Waals surface area contributed by atoms with E-state index in [4.69, 9.17) is 10.5 Å². The van der Waals surface area contributed by atoms with Crippen molar-refractivity contribution in [1.29, 1.82) is 0 Å². The standard InChI is InChI=1S/C11H13NO2/c1-11(6-7-14-11)9-4-2-8(3-5-9)10(12)13/h2-5H,6-7H2,1H3,(H2,12,13). The van der Waals surface area contributed by atoms with Gasteiger partial charge in [0.15, 0.2) is 0 Å². The van der Waals surface area contributed by atoms with Gasteiger partial charge in [0.25, 0.3) is 0 Å². The molecule has 0 aromatic heterocycles. The summed E-state index contributed by atoms with van der Waals surface area (Å²) in [6.07, 6.45) is 1.03.